The number of benzene rings is 1. The monoisotopic (exact) mass is 499 g/mol. The van der Waals surface area contributed by atoms with Gasteiger partial charge in [0.1, 0.15) is 18.2 Å². The molecule has 1 saturated heterocycles. The molecule has 4 heterocycles. The molecule has 8 nitrogen and oxygen atoms in total. The number of alkyl halides is 3. The summed E-state index contributed by atoms with van der Waals surface area (Å²) in [6, 6.07) is 10.0. The largest absolute Gasteiger partial charge is 0.474 e. The summed E-state index contributed by atoms with van der Waals surface area (Å²) in [4.78, 5) is 33.9. The highest BCUT2D eigenvalue weighted by Gasteiger charge is 2.59. The van der Waals surface area contributed by atoms with Gasteiger partial charge in [0.2, 0.25) is 17.7 Å². The third-order valence-electron chi connectivity index (χ3n) is 7.53. The summed E-state index contributed by atoms with van der Waals surface area (Å²) in [6.07, 6.45) is -2.29. The smallest absolute Gasteiger partial charge is 0.391 e. The molecule has 0 bridgehead atoms. The van der Waals surface area contributed by atoms with Crippen LogP contribution < -0.4 is 9.64 Å². The maximum absolute atomic E-state index is 13.7. The summed E-state index contributed by atoms with van der Waals surface area (Å²) in [5.41, 5.74) is 2.13. The van der Waals surface area contributed by atoms with E-state index < -0.39 is 30.0 Å². The molecule has 188 valence electrons. The number of hydrogen-bond donors (Lipinski definition) is 1. The lowest BCUT2D eigenvalue weighted by Crippen LogP contribution is -2.55. The number of H-pyrrole nitrogens is 1. The number of rotatable bonds is 5. The first kappa shape index (κ1) is 22.8. The molecule has 1 aromatic carbocycles. The maximum atomic E-state index is 13.7. The number of nitrogens with zero attached hydrogens (tertiary/aromatic N) is 4. The summed E-state index contributed by atoms with van der Waals surface area (Å²) in [7, 11) is 0. The Bertz CT molecular complexity index is 1330. The van der Waals surface area contributed by atoms with Crippen molar-refractivity contribution in [2.45, 2.75) is 55.8 Å². The predicted octanol–water partition coefficient (Wildman–Crippen LogP) is 3.73. The number of halogens is 3. The van der Waals surface area contributed by atoms with Crippen LogP contribution in [0.5, 0.6) is 5.88 Å². The minimum absolute atomic E-state index is 0.207. The SMILES string of the molecule is O=C(CN1C(=O)C2(CC(Oc3ccc4[nH]ncc4n3)C2)c2ccccc21)N1CCCC1CC(F)(F)F. The van der Waals surface area contributed by atoms with Crippen molar-refractivity contribution in [2.75, 3.05) is 18.0 Å². The number of ether oxygens (including phenoxy) is 1. The van der Waals surface area contributed by atoms with Gasteiger partial charge in [0.05, 0.1) is 23.5 Å². The lowest BCUT2D eigenvalue weighted by atomic mass is 9.63. The first-order chi connectivity index (χ1) is 17.2. The summed E-state index contributed by atoms with van der Waals surface area (Å²) in [6.45, 7) is 0.00844. The molecule has 1 saturated carbocycles. The van der Waals surface area contributed by atoms with Crippen LogP contribution in [0.15, 0.2) is 42.6 Å². The molecule has 1 aliphatic carbocycles. The minimum atomic E-state index is -4.34. The van der Waals surface area contributed by atoms with Gasteiger partial charge in [-0.25, -0.2) is 4.98 Å². The van der Waals surface area contributed by atoms with Gasteiger partial charge in [-0.05, 0) is 30.5 Å². The van der Waals surface area contributed by atoms with Crippen LogP contribution in [0.25, 0.3) is 11.0 Å². The van der Waals surface area contributed by atoms with Crippen LogP contribution in [-0.4, -0.2) is 63.3 Å². The second-order valence-corrected chi connectivity index (χ2v) is 9.79. The first-order valence-corrected chi connectivity index (χ1v) is 12.0. The molecule has 11 heteroatoms. The van der Waals surface area contributed by atoms with Gasteiger partial charge in [0.15, 0.2) is 0 Å². The minimum Gasteiger partial charge on any atom is -0.474 e. The molecular weight excluding hydrogens is 475 g/mol. The topological polar surface area (TPSA) is 91.4 Å². The van der Waals surface area contributed by atoms with E-state index in [1.165, 1.54) is 9.80 Å². The molecule has 36 heavy (non-hydrogen) atoms. The van der Waals surface area contributed by atoms with Crippen molar-refractivity contribution in [3.05, 3.63) is 48.2 Å². The van der Waals surface area contributed by atoms with E-state index in [0.29, 0.717) is 42.8 Å². The molecule has 2 aliphatic heterocycles. The fourth-order valence-electron chi connectivity index (χ4n) is 5.87. The Labute approximate surface area is 204 Å². The Morgan fingerprint density at radius 2 is 2.00 bits per heavy atom. The number of pyridine rings is 1. The Balaban J connectivity index is 1.18. The zero-order valence-corrected chi connectivity index (χ0v) is 19.3. The van der Waals surface area contributed by atoms with Gasteiger partial charge in [-0.1, -0.05) is 18.2 Å². The van der Waals surface area contributed by atoms with E-state index in [4.69, 9.17) is 4.74 Å². The third kappa shape index (κ3) is 3.77. The van der Waals surface area contributed by atoms with Crippen LogP contribution in [0.1, 0.15) is 37.7 Å². The van der Waals surface area contributed by atoms with Crippen LogP contribution in [-0.2, 0) is 15.0 Å². The van der Waals surface area contributed by atoms with Crippen LogP contribution in [0, 0.1) is 0 Å². The van der Waals surface area contributed by atoms with Crippen molar-refractivity contribution in [3.63, 3.8) is 0 Å². The van der Waals surface area contributed by atoms with Gasteiger partial charge < -0.3 is 14.5 Å². The van der Waals surface area contributed by atoms with Crippen molar-refractivity contribution in [2.24, 2.45) is 0 Å². The average Bonchev–Trinajstić information content (AvgIpc) is 3.51. The van der Waals surface area contributed by atoms with Gasteiger partial charge in [-0.15, -0.1) is 0 Å². The third-order valence-corrected chi connectivity index (χ3v) is 7.53. The van der Waals surface area contributed by atoms with Crippen molar-refractivity contribution in [1.29, 1.82) is 0 Å². The normalized spacial score (nSPS) is 25.5. The van der Waals surface area contributed by atoms with E-state index in [1.54, 1.807) is 24.4 Å². The molecule has 1 unspecified atom stereocenters. The van der Waals surface area contributed by atoms with Gasteiger partial charge in [0, 0.05) is 37.2 Å². The summed E-state index contributed by atoms with van der Waals surface area (Å²) >= 11 is 0. The van der Waals surface area contributed by atoms with E-state index in [1.807, 2.05) is 18.2 Å². The second kappa shape index (κ2) is 8.21. The zero-order valence-electron chi connectivity index (χ0n) is 19.3. The Hall–Kier alpha value is -3.63. The summed E-state index contributed by atoms with van der Waals surface area (Å²) in [5, 5.41) is 6.78. The number of likely N-dealkylation sites (tertiary alicyclic amines) is 1. The molecule has 2 amide bonds. The lowest BCUT2D eigenvalue weighted by Gasteiger charge is -2.43. The van der Waals surface area contributed by atoms with E-state index in [2.05, 4.69) is 15.2 Å². The molecule has 1 atom stereocenters. The highest BCUT2D eigenvalue weighted by molar-refractivity contribution is 6.11. The van der Waals surface area contributed by atoms with Crippen LogP contribution in [0.3, 0.4) is 0 Å². The van der Waals surface area contributed by atoms with E-state index in [9.17, 15) is 22.8 Å². The molecule has 2 fully saturated rings. The summed E-state index contributed by atoms with van der Waals surface area (Å²) in [5.74, 6) is -0.215. The molecule has 6 rings (SSSR count). The Morgan fingerprint density at radius 3 is 2.81 bits per heavy atom. The standard InChI is InChI=1S/C25H24F3N5O3/c26-25(27,28)10-15-4-3-9-32(15)22(34)14-33-20-6-2-1-5-17(20)24(23(33)35)11-16(12-24)36-21-8-7-18-19(30-21)13-29-31-18/h1-2,5-8,13,15-16H,3-4,9-12,14H2,(H,29,31). The molecule has 1 spiro atoms. The number of carbonyl (C=O) groups is 2. The number of amides is 2. The molecule has 3 aliphatic rings. The molecule has 2 aromatic heterocycles. The number of nitrogens with one attached hydrogen (secondary N) is 1. The number of carbonyl (C=O) groups excluding carboxylic acids is 2. The number of hydrogen-bond acceptors (Lipinski definition) is 5. The van der Waals surface area contributed by atoms with Crippen molar-refractivity contribution < 1.29 is 27.5 Å². The number of fused-ring (bicyclic) bond motifs is 3. The van der Waals surface area contributed by atoms with Gasteiger partial charge in [-0.3, -0.25) is 14.7 Å². The lowest BCUT2D eigenvalue weighted by molar-refractivity contribution is -0.151. The number of aromatic nitrogens is 3. The fraction of sp³-hybridized carbons (Fsp3) is 0.440. The number of aromatic amines is 1. The molecule has 0 radical (unpaired) electrons. The van der Waals surface area contributed by atoms with Crippen molar-refractivity contribution in [1.82, 2.24) is 20.1 Å². The van der Waals surface area contributed by atoms with Crippen LogP contribution in [0.4, 0.5) is 18.9 Å². The maximum Gasteiger partial charge on any atom is 0.391 e. The van der Waals surface area contributed by atoms with Gasteiger partial charge >= 0.3 is 6.18 Å². The summed E-state index contributed by atoms with van der Waals surface area (Å²) < 4.78 is 45.0. The molecule has 1 N–H and O–H groups in total. The van der Waals surface area contributed by atoms with E-state index >= 15 is 0 Å². The highest BCUT2D eigenvalue weighted by Crippen LogP contribution is 2.54. The van der Waals surface area contributed by atoms with Crippen molar-refractivity contribution in [3.8, 4) is 5.88 Å². The average molecular weight is 499 g/mol. The van der Waals surface area contributed by atoms with Crippen molar-refractivity contribution >= 4 is 28.5 Å². The second-order valence-electron chi connectivity index (χ2n) is 9.79. The van der Waals surface area contributed by atoms with Crippen LogP contribution in [0.2, 0.25) is 0 Å². The Kier molecular flexibility index (Phi) is 5.20. The van der Waals surface area contributed by atoms with Crippen LogP contribution >= 0.6 is 0 Å². The van der Waals surface area contributed by atoms with Gasteiger partial charge in [-0.2, -0.15) is 18.3 Å². The van der Waals surface area contributed by atoms with E-state index in [0.717, 1.165) is 11.1 Å². The first-order valence-electron chi connectivity index (χ1n) is 12.0. The predicted molar refractivity (Wildman–Crippen MR) is 123 cm³/mol. The molecular formula is C25H24F3N5O3. The molecule has 3 aromatic rings. The fourth-order valence-corrected chi connectivity index (χ4v) is 5.87. The quantitative estimate of drug-likeness (QED) is 0.578. The number of para-hydroxylation sites is 1. The zero-order chi connectivity index (χ0) is 25.1. The van der Waals surface area contributed by atoms with Gasteiger partial charge in [0.25, 0.3) is 0 Å². The number of anilines is 1. The van der Waals surface area contributed by atoms with E-state index in [-0.39, 0.29) is 25.1 Å². The Morgan fingerprint density at radius 1 is 1.19 bits per heavy atom. The highest BCUT2D eigenvalue weighted by atomic mass is 19.4.